The number of carbonyl (C=O) groups is 1. The summed E-state index contributed by atoms with van der Waals surface area (Å²) in [6, 6.07) is 15.8. The quantitative estimate of drug-likeness (QED) is 0.396. The van der Waals surface area contributed by atoms with Crippen molar-refractivity contribution in [2.75, 3.05) is 53.7 Å². The lowest BCUT2D eigenvalue weighted by atomic mass is 10.2. The van der Waals surface area contributed by atoms with Crippen LogP contribution in [0, 0.1) is 5.82 Å². The van der Waals surface area contributed by atoms with Crippen molar-refractivity contribution in [3.8, 4) is 5.75 Å². The van der Waals surface area contributed by atoms with E-state index in [2.05, 4.69) is 25.1 Å². The largest absolute Gasteiger partial charge is 0.494 e. The number of rotatable bonds is 8. The van der Waals surface area contributed by atoms with Gasteiger partial charge < -0.3 is 19.9 Å². The minimum Gasteiger partial charge on any atom is -0.494 e. The van der Waals surface area contributed by atoms with Crippen molar-refractivity contribution in [3.05, 3.63) is 66.7 Å². The van der Waals surface area contributed by atoms with Crippen molar-refractivity contribution >= 4 is 34.9 Å². The van der Waals surface area contributed by atoms with Gasteiger partial charge in [0.05, 0.1) is 12.4 Å². The minimum atomic E-state index is -0.225. The van der Waals surface area contributed by atoms with Gasteiger partial charge in [0.2, 0.25) is 5.91 Å². The fourth-order valence-electron chi connectivity index (χ4n) is 3.57. The lowest BCUT2D eigenvalue weighted by molar-refractivity contribution is -0.113. The van der Waals surface area contributed by atoms with Gasteiger partial charge in [-0.3, -0.25) is 4.79 Å². The Morgan fingerprint density at radius 2 is 1.73 bits per heavy atom. The van der Waals surface area contributed by atoms with Crippen molar-refractivity contribution in [1.29, 1.82) is 0 Å². The highest BCUT2D eigenvalue weighted by atomic mass is 32.2. The topological polar surface area (TPSA) is 70.6 Å². The van der Waals surface area contributed by atoms with Crippen LogP contribution in [0.3, 0.4) is 0 Å². The molecule has 9 heteroatoms. The second-order valence-corrected chi connectivity index (χ2v) is 8.45. The summed E-state index contributed by atoms with van der Waals surface area (Å²) in [7, 11) is 0. The number of piperazine rings is 1. The number of hydrogen-bond acceptors (Lipinski definition) is 7. The SMILES string of the molecule is CCOc1ccc(NC(=O)CSc2cc(N3CCN(c4ccc(F)cc4)CC3)ncn2)cc1. The monoisotopic (exact) mass is 467 g/mol. The Hall–Kier alpha value is -3.33. The predicted molar refractivity (Wildman–Crippen MR) is 130 cm³/mol. The maximum Gasteiger partial charge on any atom is 0.234 e. The van der Waals surface area contributed by atoms with E-state index in [1.165, 1.54) is 30.2 Å². The van der Waals surface area contributed by atoms with Crippen molar-refractivity contribution in [1.82, 2.24) is 9.97 Å². The number of halogens is 1. The molecular formula is C24H26FN5O2S. The molecule has 1 amide bonds. The third-order valence-corrected chi connectivity index (χ3v) is 6.15. The molecule has 1 N–H and O–H groups in total. The van der Waals surface area contributed by atoms with E-state index in [0.717, 1.165) is 54.1 Å². The molecule has 3 aromatic rings. The summed E-state index contributed by atoms with van der Waals surface area (Å²) in [4.78, 5) is 25.5. The Bertz CT molecular complexity index is 1060. The Balaban J connectivity index is 1.27. The van der Waals surface area contributed by atoms with Gasteiger partial charge in [-0.2, -0.15) is 0 Å². The van der Waals surface area contributed by atoms with E-state index in [9.17, 15) is 9.18 Å². The average molecular weight is 468 g/mol. The summed E-state index contributed by atoms with van der Waals surface area (Å²) < 4.78 is 18.6. The maximum atomic E-state index is 13.2. The fraction of sp³-hybridized carbons (Fsp3) is 0.292. The summed E-state index contributed by atoms with van der Waals surface area (Å²) in [5.41, 5.74) is 1.75. The van der Waals surface area contributed by atoms with E-state index in [1.54, 1.807) is 0 Å². The number of carbonyl (C=O) groups excluding carboxylic acids is 1. The van der Waals surface area contributed by atoms with Gasteiger partial charge >= 0.3 is 0 Å². The molecule has 0 bridgehead atoms. The summed E-state index contributed by atoms with van der Waals surface area (Å²) in [6.07, 6.45) is 1.54. The summed E-state index contributed by atoms with van der Waals surface area (Å²) >= 11 is 1.38. The van der Waals surface area contributed by atoms with E-state index in [-0.39, 0.29) is 17.5 Å². The second kappa shape index (κ2) is 11.0. The van der Waals surface area contributed by atoms with Gasteiger partial charge in [-0.05, 0) is 55.5 Å². The number of nitrogens with zero attached hydrogens (tertiary/aromatic N) is 4. The fourth-order valence-corrected chi connectivity index (χ4v) is 4.23. The molecule has 0 atom stereocenters. The molecule has 0 spiro atoms. The average Bonchev–Trinajstić information content (AvgIpc) is 2.85. The highest BCUT2D eigenvalue weighted by Crippen LogP contribution is 2.23. The minimum absolute atomic E-state index is 0.0998. The third-order valence-electron chi connectivity index (χ3n) is 5.22. The first kappa shape index (κ1) is 22.8. The molecule has 0 saturated carbocycles. The van der Waals surface area contributed by atoms with Gasteiger partial charge in [0.25, 0.3) is 0 Å². The first-order valence-corrected chi connectivity index (χ1v) is 11.8. The number of aromatic nitrogens is 2. The first-order valence-electron chi connectivity index (χ1n) is 10.8. The number of thioether (sulfide) groups is 1. The van der Waals surface area contributed by atoms with Crippen molar-refractivity contribution in [3.63, 3.8) is 0 Å². The van der Waals surface area contributed by atoms with Gasteiger partial charge in [0.1, 0.15) is 28.7 Å². The lowest BCUT2D eigenvalue weighted by Crippen LogP contribution is -2.46. The van der Waals surface area contributed by atoms with Gasteiger partial charge in [-0.25, -0.2) is 14.4 Å². The zero-order valence-electron chi connectivity index (χ0n) is 18.4. The van der Waals surface area contributed by atoms with E-state index in [1.807, 2.05) is 49.4 Å². The Morgan fingerprint density at radius 1 is 1.03 bits per heavy atom. The normalized spacial score (nSPS) is 13.6. The molecular weight excluding hydrogens is 441 g/mol. The number of hydrogen-bond donors (Lipinski definition) is 1. The number of ether oxygens (including phenoxy) is 1. The molecule has 1 saturated heterocycles. The molecule has 0 unspecified atom stereocenters. The number of anilines is 3. The highest BCUT2D eigenvalue weighted by molar-refractivity contribution is 7.99. The molecule has 4 rings (SSSR count). The molecule has 172 valence electrons. The van der Waals surface area contributed by atoms with E-state index >= 15 is 0 Å². The smallest absolute Gasteiger partial charge is 0.234 e. The molecule has 0 aliphatic carbocycles. The number of nitrogens with one attached hydrogen (secondary N) is 1. The maximum absolute atomic E-state index is 13.2. The second-order valence-electron chi connectivity index (χ2n) is 7.46. The van der Waals surface area contributed by atoms with Crippen LogP contribution in [0.15, 0.2) is 66.0 Å². The van der Waals surface area contributed by atoms with Crippen LogP contribution in [0.1, 0.15) is 6.92 Å². The van der Waals surface area contributed by atoms with Crippen molar-refractivity contribution < 1.29 is 13.9 Å². The van der Waals surface area contributed by atoms with Gasteiger partial charge in [0.15, 0.2) is 0 Å². The van der Waals surface area contributed by atoms with Crippen LogP contribution in [0.25, 0.3) is 0 Å². The molecule has 7 nitrogen and oxygen atoms in total. The Labute approximate surface area is 197 Å². The predicted octanol–water partition coefficient (Wildman–Crippen LogP) is 4.07. The Kier molecular flexibility index (Phi) is 7.62. The van der Waals surface area contributed by atoms with Crippen molar-refractivity contribution in [2.45, 2.75) is 11.9 Å². The van der Waals surface area contributed by atoms with Crippen LogP contribution >= 0.6 is 11.8 Å². The summed E-state index contributed by atoms with van der Waals surface area (Å²) in [6.45, 7) is 5.78. The zero-order chi connectivity index (χ0) is 23.0. The van der Waals surface area contributed by atoms with Gasteiger partial charge in [0, 0.05) is 43.6 Å². The standard InChI is InChI=1S/C24H26FN5O2S/c1-2-32-21-9-5-19(6-10-21)28-23(31)16-33-24-15-22(26-17-27-24)30-13-11-29(12-14-30)20-7-3-18(25)4-8-20/h3-10,15,17H,2,11-14,16H2,1H3,(H,28,31). The number of amides is 1. The van der Waals surface area contributed by atoms with Gasteiger partial charge in [-0.1, -0.05) is 11.8 Å². The van der Waals surface area contributed by atoms with Crippen molar-refractivity contribution in [2.24, 2.45) is 0 Å². The summed E-state index contributed by atoms with van der Waals surface area (Å²) in [5, 5.41) is 3.64. The van der Waals surface area contributed by atoms with Crippen LogP contribution in [-0.4, -0.2) is 54.4 Å². The highest BCUT2D eigenvalue weighted by Gasteiger charge is 2.19. The molecule has 33 heavy (non-hydrogen) atoms. The van der Waals surface area contributed by atoms with E-state index in [4.69, 9.17) is 4.74 Å². The van der Waals surface area contributed by atoms with Gasteiger partial charge in [-0.15, -0.1) is 0 Å². The molecule has 1 aliphatic heterocycles. The van der Waals surface area contributed by atoms with Crippen LogP contribution in [0.4, 0.5) is 21.6 Å². The molecule has 2 aromatic carbocycles. The molecule has 1 aliphatic rings. The summed E-state index contributed by atoms with van der Waals surface area (Å²) in [5.74, 6) is 1.55. The van der Waals surface area contributed by atoms with E-state index in [0.29, 0.717) is 6.61 Å². The molecule has 1 fully saturated rings. The van der Waals surface area contributed by atoms with E-state index < -0.39 is 0 Å². The van der Waals surface area contributed by atoms with Crippen LogP contribution in [0.2, 0.25) is 0 Å². The molecule has 2 heterocycles. The van der Waals surface area contributed by atoms with Crippen LogP contribution < -0.4 is 19.9 Å². The molecule has 1 aromatic heterocycles. The first-order chi connectivity index (χ1) is 16.1. The Morgan fingerprint density at radius 3 is 2.42 bits per heavy atom. The molecule has 0 radical (unpaired) electrons. The van der Waals surface area contributed by atoms with Crippen LogP contribution in [0.5, 0.6) is 5.75 Å². The van der Waals surface area contributed by atoms with Crippen LogP contribution in [-0.2, 0) is 4.79 Å². The third kappa shape index (κ3) is 6.35. The zero-order valence-corrected chi connectivity index (χ0v) is 19.2. The number of benzene rings is 2. The lowest BCUT2D eigenvalue weighted by Gasteiger charge is -2.36.